The lowest BCUT2D eigenvalue weighted by Gasteiger charge is -2.21. The molecule has 0 radical (unpaired) electrons. The zero-order valence-corrected chi connectivity index (χ0v) is 10.9. The number of carbonyl (C=O) groups excluding carboxylic acids is 1. The number of carbonyl (C=O) groups is 2. The summed E-state index contributed by atoms with van der Waals surface area (Å²) >= 11 is 0. The molecule has 2 heterocycles. The van der Waals surface area contributed by atoms with Crippen molar-refractivity contribution in [3.63, 3.8) is 0 Å². The molecule has 0 saturated carbocycles. The first kappa shape index (κ1) is 13.5. The van der Waals surface area contributed by atoms with E-state index in [4.69, 9.17) is 5.11 Å². The van der Waals surface area contributed by atoms with E-state index in [0.29, 0.717) is 0 Å². The third-order valence-corrected chi connectivity index (χ3v) is 3.27. The van der Waals surface area contributed by atoms with Crippen molar-refractivity contribution >= 4 is 11.9 Å². The van der Waals surface area contributed by atoms with Crippen molar-refractivity contribution in [3.05, 3.63) is 17.5 Å². The molecule has 104 valence electrons. The number of carboxylic acid groups (broad SMARTS) is 1. The number of amides is 1. The summed E-state index contributed by atoms with van der Waals surface area (Å²) in [5.41, 5.74) is 1.65. The predicted octanol–water partition coefficient (Wildman–Crippen LogP) is -0.454. The van der Waals surface area contributed by atoms with Crippen LogP contribution in [0.1, 0.15) is 17.8 Å². The first-order chi connectivity index (χ1) is 8.88. The van der Waals surface area contributed by atoms with E-state index in [-0.39, 0.29) is 25.4 Å². The molecule has 0 aromatic carbocycles. The van der Waals surface area contributed by atoms with Crippen molar-refractivity contribution in [1.82, 2.24) is 14.7 Å². The fourth-order valence-electron chi connectivity index (χ4n) is 2.38. The summed E-state index contributed by atoms with van der Waals surface area (Å²) in [4.78, 5) is 24.4. The first-order valence-electron chi connectivity index (χ1n) is 6.10. The van der Waals surface area contributed by atoms with Gasteiger partial charge >= 0.3 is 5.97 Å². The molecule has 1 aliphatic rings. The number of aliphatic hydroxyl groups is 1. The molecular formula is C12H17N3O4. The van der Waals surface area contributed by atoms with Gasteiger partial charge in [0.2, 0.25) is 5.91 Å². The van der Waals surface area contributed by atoms with Crippen molar-refractivity contribution in [3.8, 4) is 0 Å². The van der Waals surface area contributed by atoms with Gasteiger partial charge in [-0.3, -0.25) is 9.48 Å². The number of aliphatic hydroxyl groups excluding tert-OH is 1. The van der Waals surface area contributed by atoms with Crippen LogP contribution in [0.5, 0.6) is 0 Å². The van der Waals surface area contributed by atoms with Gasteiger partial charge < -0.3 is 15.1 Å². The number of nitrogens with zero attached hydrogens (tertiary/aromatic N) is 3. The largest absolute Gasteiger partial charge is 0.480 e. The fraction of sp³-hybridized carbons (Fsp3) is 0.583. The maximum Gasteiger partial charge on any atom is 0.326 e. The number of β-amino-alcohol motifs (C(OH)–C–C–N with tert-alkyl or cyclic N) is 1. The van der Waals surface area contributed by atoms with Crippen molar-refractivity contribution in [2.75, 3.05) is 6.54 Å². The molecule has 1 aromatic heterocycles. The lowest BCUT2D eigenvalue weighted by Crippen LogP contribution is -2.42. The molecule has 2 atom stereocenters. The van der Waals surface area contributed by atoms with Crippen LogP contribution >= 0.6 is 0 Å². The molecule has 0 unspecified atom stereocenters. The Morgan fingerprint density at radius 2 is 2.16 bits per heavy atom. The van der Waals surface area contributed by atoms with E-state index in [1.165, 1.54) is 4.90 Å². The Morgan fingerprint density at radius 1 is 1.47 bits per heavy atom. The van der Waals surface area contributed by atoms with E-state index in [0.717, 1.165) is 11.4 Å². The molecule has 0 aliphatic carbocycles. The number of carboxylic acids is 1. The van der Waals surface area contributed by atoms with Gasteiger partial charge in [0.15, 0.2) is 0 Å². The molecule has 1 fully saturated rings. The van der Waals surface area contributed by atoms with E-state index in [9.17, 15) is 14.7 Å². The third kappa shape index (κ3) is 2.76. The minimum absolute atomic E-state index is 0.00380. The Bertz CT molecular complexity index is 511. The van der Waals surface area contributed by atoms with Crippen LogP contribution in [0.25, 0.3) is 0 Å². The summed E-state index contributed by atoms with van der Waals surface area (Å²) in [6.07, 6.45) is -0.691. The van der Waals surface area contributed by atoms with E-state index in [1.54, 1.807) is 4.68 Å². The van der Waals surface area contributed by atoms with Crippen LogP contribution in [-0.4, -0.2) is 55.5 Å². The number of aliphatic carboxylic acids is 1. The molecule has 2 N–H and O–H groups in total. The van der Waals surface area contributed by atoms with E-state index in [1.807, 2.05) is 19.9 Å². The van der Waals surface area contributed by atoms with Crippen LogP contribution in [-0.2, 0) is 16.1 Å². The number of aromatic nitrogens is 2. The van der Waals surface area contributed by atoms with Crippen molar-refractivity contribution in [1.29, 1.82) is 0 Å². The normalized spacial score (nSPS) is 22.8. The zero-order chi connectivity index (χ0) is 14.2. The Balaban J connectivity index is 2.11. The van der Waals surface area contributed by atoms with Gasteiger partial charge in [-0.15, -0.1) is 0 Å². The van der Waals surface area contributed by atoms with Crippen LogP contribution < -0.4 is 0 Å². The van der Waals surface area contributed by atoms with E-state index in [2.05, 4.69) is 5.10 Å². The van der Waals surface area contributed by atoms with Gasteiger partial charge in [0, 0.05) is 18.7 Å². The minimum Gasteiger partial charge on any atom is -0.480 e. The zero-order valence-electron chi connectivity index (χ0n) is 10.9. The monoisotopic (exact) mass is 267 g/mol. The molecular weight excluding hydrogens is 250 g/mol. The molecule has 19 heavy (non-hydrogen) atoms. The molecule has 1 amide bonds. The number of aryl methyl sites for hydroxylation is 2. The highest BCUT2D eigenvalue weighted by molar-refractivity contribution is 5.84. The average Bonchev–Trinajstić information content (AvgIpc) is 2.83. The van der Waals surface area contributed by atoms with Gasteiger partial charge in [0.1, 0.15) is 12.6 Å². The molecule has 0 spiro atoms. The van der Waals surface area contributed by atoms with Gasteiger partial charge in [-0.1, -0.05) is 0 Å². The Kier molecular flexibility index (Phi) is 3.57. The highest BCUT2D eigenvalue weighted by Gasteiger charge is 2.38. The topological polar surface area (TPSA) is 95.7 Å². The van der Waals surface area contributed by atoms with Gasteiger partial charge in [-0.25, -0.2) is 4.79 Å². The second kappa shape index (κ2) is 5.00. The van der Waals surface area contributed by atoms with Crippen molar-refractivity contribution < 1.29 is 19.8 Å². The number of hydrogen-bond donors (Lipinski definition) is 2. The van der Waals surface area contributed by atoms with Crippen LogP contribution in [0.3, 0.4) is 0 Å². The molecule has 1 aliphatic heterocycles. The summed E-state index contributed by atoms with van der Waals surface area (Å²) in [5, 5.41) is 22.7. The highest BCUT2D eigenvalue weighted by atomic mass is 16.4. The van der Waals surface area contributed by atoms with Gasteiger partial charge in [-0.05, 0) is 19.9 Å². The van der Waals surface area contributed by atoms with Crippen LogP contribution in [0, 0.1) is 13.8 Å². The van der Waals surface area contributed by atoms with E-state index >= 15 is 0 Å². The molecule has 7 heteroatoms. The number of rotatable bonds is 3. The van der Waals surface area contributed by atoms with Crippen LogP contribution in [0.15, 0.2) is 6.07 Å². The number of hydrogen-bond acceptors (Lipinski definition) is 4. The summed E-state index contributed by atoms with van der Waals surface area (Å²) in [7, 11) is 0. The standard InChI is InChI=1S/C12H17N3O4/c1-7-3-8(2)15(13-7)6-11(17)14-5-9(16)4-10(14)12(18)19/h3,9-10,16H,4-6H2,1-2H3,(H,18,19)/t9-,10+/m1/s1. The Labute approximate surface area is 110 Å². The second-order valence-electron chi connectivity index (χ2n) is 4.87. The molecule has 7 nitrogen and oxygen atoms in total. The van der Waals surface area contributed by atoms with E-state index < -0.39 is 18.1 Å². The summed E-state index contributed by atoms with van der Waals surface area (Å²) < 4.78 is 1.54. The van der Waals surface area contributed by atoms with Gasteiger partial charge in [-0.2, -0.15) is 5.10 Å². The Morgan fingerprint density at radius 3 is 2.68 bits per heavy atom. The fourth-order valence-corrected chi connectivity index (χ4v) is 2.38. The third-order valence-electron chi connectivity index (χ3n) is 3.27. The number of likely N-dealkylation sites (tertiary alicyclic amines) is 1. The Hall–Kier alpha value is -1.89. The lowest BCUT2D eigenvalue weighted by molar-refractivity contribution is -0.148. The summed E-state index contributed by atoms with van der Waals surface area (Å²) in [6, 6.07) is 0.903. The van der Waals surface area contributed by atoms with Gasteiger partial charge in [0.05, 0.1) is 11.8 Å². The van der Waals surface area contributed by atoms with Crippen molar-refractivity contribution in [2.45, 2.75) is 39.0 Å². The molecule has 1 aromatic rings. The van der Waals surface area contributed by atoms with Crippen molar-refractivity contribution in [2.24, 2.45) is 0 Å². The van der Waals surface area contributed by atoms with Gasteiger partial charge in [0.25, 0.3) is 0 Å². The predicted molar refractivity (Wildman–Crippen MR) is 65.5 cm³/mol. The SMILES string of the molecule is Cc1cc(C)n(CC(=O)N2C[C@H](O)C[C@H]2C(=O)O)n1. The first-order valence-corrected chi connectivity index (χ1v) is 6.10. The second-order valence-corrected chi connectivity index (χ2v) is 4.87. The van der Waals surface area contributed by atoms with Crippen LogP contribution in [0.2, 0.25) is 0 Å². The average molecular weight is 267 g/mol. The molecule has 2 rings (SSSR count). The molecule has 1 saturated heterocycles. The lowest BCUT2D eigenvalue weighted by atomic mass is 10.2. The maximum absolute atomic E-state index is 12.1. The highest BCUT2D eigenvalue weighted by Crippen LogP contribution is 2.19. The minimum atomic E-state index is -1.08. The maximum atomic E-state index is 12.1. The molecule has 0 bridgehead atoms. The quantitative estimate of drug-likeness (QED) is 0.773. The summed E-state index contributed by atoms with van der Waals surface area (Å²) in [6.45, 7) is 3.72. The van der Waals surface area contributed by atoms with Crippen LogP contribution in [0.4, 0.5) is 0 Å². The smallest absolute Gasteiger partial charge is 0.326 e. The summed E-state index contributed by atoms with van der Waals surface area (Å²) in [5.74, 6) is -1.42.